The Kier molecular flexibility index (Phi) is 4.48. The topological polar surface area (TPSA) is 21.6 Å². The molecule has 0 aliphatic carbocycles. The molecule has 0 amide bonds. The fourth-order valence-corrected chi connectivity index (χ4v) is 4.02. The first-order valence-electron chi connectivity index (χ1n) is 5.04. The Morgan fingerprint density at radius 1 is 1.62 bits per heavy atom. The van der Waals surface area contributed by atoms with Crippen molar-refractivity contribution in [3.05, 3.63) is 0 Å². The fourth-order valence-electron chi connectivity index (χ4n) is 1.41. The molecule has 13 heavy (non-hydrogen) atoms. The van der Waals surface area contributed by atoms with Crippen molar-refractivity contribution >= 4 is 27.0 Å². The zero-order valence-electron chi connectivity index (χ0n) is 8.75. The third-order valence-electron chi connectivity index (χ3n) is 1.94. The second kappa shape index (κ2) is 5.17. The summed E-state index contributed by atoms with van der Waals surface area (Å²) in [6.07, 6.45) is 5.51. The average Bonchev–Trinajstić information content (AvgIpc) is 2.49. The molecule has 1 aliphatic heterocycles. The van der Waals surface area contributed by atoms with Crippen LogP contribution in [0.25, 0.3) is 0 Å². The fraction of sp³-hybridized carbons (Fsp3) is 0.889. The van der Waals surface area contributed by atoms with Crippen molar-refractivity contribution in [2.24, 2.45) is 4.99 Å². The van der Waals surface area contributed by atoms with Crippen molar-refractivity contribution in [1.29, 1.82) is 0 Å². The molecule has 0 spiro atoms. The zero-order chi connectivity index (χ0) is 9.73. The molecule has 0 aromatic rings. The monoisotopic (exact) mass is 217 g/mol. The summed E-state index contributed by atoms with van der Waals surface area (Å²) in [6.45, 7) is 6.63. The van der Waals surface area contributed by atoms with Gasteiger partial charge in [-0.25, -0.2) is 0 Å². The van der Waals surface area contributed by atoms with Gasteiger partial charge in [0.25, 0.3) is 0 Å². The van der Waals surface area contributed by atoms with E-state index in [0.717, 1.165) is 12.2 Å². The van der Waals surface area contributed by atoms with Gasteiger partial charge in [-0.3, -0.25) is 4.99 Å². The van der Waals surface area contributed by atoms with Gasteiger partial charge in [0.2, 0.25) is 0 Å². The molecule has 0 bridgehead atoms. The van der Waals surface area contributed by atoms with Crippen LogP contribution in [0.15, 0.2) is 4.99 Å². The van der Waals surface area contributed by atoms with E-state index in [1.807, 2.05) is 18.0 Å². The van der Waals surface area contributed by atoms with Crippen LogP contribution >= 0.6 is 11.8 Å². The molecule has 76 valence electrons. The van der Waals surface area contributed by atoms with E-state index in [-0.39, 0.29) is 5.06 Å². The number of unbranched alkanes of at least 4 members (excludes halogenated alkanes) is 1. The van der Waals surface area contributed by atoms with E-state index >= 15 is 0 Å². The number of rotatable bonds is 5. The normalized spacial score (nSPS) is 27.4. The van der Waals surface area contributed by atoms with E-state index in [0.29, 0.717) is 0 Å². The summed E-state index contributed by atoms with van der Waals surface area (Å²) in [5, 5.41) is -0.184. The quantitative estimate of drug-likeness (QED) is 0.660. The van der Waals surface area contributed by atoms with Crippen molar-refractivity contribution in [2.75, 3.05) is 5.75 Å². The lowest BCUT2D eigenvalue weighted by atomic mass is 10.2. The van der Waals surface area contributed by atoms with Gasteiger partial charge in [0, 0.05) is 18.4 Å². The van der Waals surface area contributed by atoms with Gasteiger partial charge in [-0.1, -0.05) is 25.1 Å². The van der Waals surface area contributed by atoms with Crippen molar-refractivity contribution in [1.82, 2.24) is 0 Å². The van der Waals surface area contributed by atoms with Crippen LogP contribution in [-0.4, -0.2) is 26.1 Å². The lowest BCUT2D eigenvalue weighted by Crippen LogP contribution is -2.29. The lowest BCUT2D eigenvalue weighted by Gasteiger charge is -2.27. The van der Waals surface area contributed by atoms with Crippen LogP contribution in [0.3, 0.4) is 0 Å². The van der Waals surface area contributed by atoms with Crippen LogP contribution in [0.4, 0.5) is 0 Å². The Morgan fingerprint density at radius 2 is 2.38 bits per heavy atom. The first-order chi connectivity index (χ1) is 6.18. The van der Waals surface area contributed by atoms with E-state index < -0.39 is 9.04 Å². The highest BCUT2D eigenvalue weighted by Crippen LogP contribution is 2.37. The molecule has 2 nitrogen and oxygen atoms in total. The maximum atomic E-state index is 6.00. The molecule has 1 aliphatic rings. The number of nitrogens with zero attached hydrogens (tertiary/aromatic N) is 1. The largest absolute Gasteiger partial charge is 0.389 e. The minimum atomic E-state index is -0.968. The van der Waals surface area contributed by atoms with Crippen LogP contribution < -0.4 is 0 Å². The first kappa shape index (κ1) is 11.3. The molecule has 0 radical (unpaired) electrons. The summed E-state index contributed by atoms with van der Waals surface area (Å²) in [4.78, 5) is 4.50. The summed E-state index contributed by atoms with van der Waals surface area (Å²) in [6, 6.07) is 0. The molecule has 1 rings (SSSR count). The second-order valence-electron chi connectivity index (χ2n) is 3.61. The van der Waals surface area contributed by atoms with Gasteiger partial charge in [-0.15, -0.1) is 0 Å². The molecule has 0 aromatic carbocycles. The summed E-state index contributed by atoms with van der Waals surface area (Å²) >= 11 is 1.85. The molecule has 0 aromatic heterocycles. The SMILES string of the molecule is CCCCC1(O[SiH](C)C)N=CCS1. The van der Waals surface area contributed by atoms with Crippen LogP contribution in [0, 0.1) is 0 Å². The average molecular weight is 217 g/mol. The maximum absolute atomic E-state index is 6.00. The van der Waals surface area contributed by atoms with E-state index in [2.05, 4.69) is 25.0 Å². The standard InChI is InChI=1S/C9H19NOSSi/c1-4-5-6-9(11-13(2)3)10-7-8-12-9/h7,13H,4-6,8H2,1-3H3. The van der Waals surface area contributed by atoms with Gasteiger partial charge in [0.15, 0.2) is 14.1 Å². The molecule has 0 N–H and O–H groups in total. The smallest absolute Gasteiger partial charge is 0.197 e. The molecule has 4 heteroatoms. The van der Waals surface area contributed by atoms with Crippen LogP contribution in [0.5, 0.6) is 0 Å². The summed E-state index contributed by atoms with van der Waals surface area (Å²) in [5.74, 6) is 1.02. The molecule has 1 atom stereocenters. The van der Waals surface area contributed by atoms with Crippen molar-refractivity contribution in [3.8, 4) is 0 Å². The van der Waals surface area contributed by atoms with Crippen LogP contribution in [0.1, 0.15) is 26.2 Å². The maximum Gasteiger partial charge on any atom is 0.197 e. The van der Waals surface area contributed by atoms with Crippen molar-refractivity contribution < 1.29 is 4.43 Å². The highest BCUT2D eigenvalue weighted by atomic mass is 32.2. The number of aliphatic imine (C=N–C) groups is 1. The molecule has 1 unspecified atom stereocenters. The second-order valence-corrected chi connectivity index (χ2v) is 7.20. The van der Waals surface area contributed by atoms with Gasteiger partial charge in [-0.05, 0) is 19.5 Å². The molecule has 0 saturated carbocycles. The van der Waals surface area contributed by atoms with Gasteiger partial charge >= 0.3 is 0 Å². The van der Waals surface area contributed by atoms with Gasteiger partial charge < -0.3 is 4.43 Å². The Balaban J connectivity index is 2.48. The highest BCUT2D eigenvalue weighted by molar-refractivity contribution is 8.01. The Labute approximate surface area is 86.9 Å². The summed E-state index contributed by atoms with van der Waals surface area (Å²) < 4.78 is 6.00. The van der Waals surface area contributed by atoms with Gasteiger partial charge in [-0.2, -0.15) is 0 Å². The zero-order valence-corrected chi connectivity index (χ0v) is 10.7. The Morgan fingerprint density at radius 3 is 2.85 bits per heavy atom. The molecule has 0 saturated heterocycles. The number of hydrogen-bond acceptors (Lipinski definition) is 3. The molecular formula is C9H19NOSSi. The molecular weight excluding hydrogens is 198 g/mol. The third-order valence-corrected chi connectivity index (χ3v) is 4.14. The van der Waals surface area contributed by atoms with Gasteiger partial charge in [0.1, 0.15) is 0 Å². The van der Waals surface area contributed by atoms with Crippen LogP contribution in [-0.2, 0) is 4.43 Å². The van der Waals surface area contributed by atoms with Crippen molar-refractivity contribution in [3.63, 3.8) is 0 Å². The molecule has 1 heterocycles. The van der Waals surface area contributed by atoms with E-state index in [9.17, 15) is 0 Å². The first-order valence-corrected chi connectivity index (χ1v) is 8.80. The summed E-state index contributed by atoms with van der Waals surface area (Å²) in [7, 11) is -0.968. The minimum absolute atomic E-state index is 0.184. The predicted octanol–water partition coefficient (Wildman–Crippen LogP) is 2.65. The van der Waals surface area contributed by atoms with E-state index in [4.69, 9.17) is 4.43 Å². The molecule has 0 fully saturated rings. The van der Waals surface area contributed by atoms with Crippen LogP contribution in [0.2, 0.25) is 13.1 Å². The lowest BCUT2D eigenvalue weighted by molar-refractivity contribution is 0.166. The Bertz CT molecular complexity index is 186. The minimum Gasteiger partial charge on any atom is -0.389 e. The van der Waals surface area contributed by atoms with Crippen molar-refractivity contribution in [2.45, 2.75) is 44.3 Å². The van der Waals surface area contributed by atoms with E-state index in [1.165, 1.54) is 12.8 Å². The highest BCUT2D eigenvalue weighted by Gasteiger charge is 2.33. The predicted molar refractivity (Wildman–Crippen MR) is 63.2 cm³/mol. The summed E-state index contributed by atoms with van der Waals surface area (Å²) in [5.41, 5.74) is 0. The Hall–Kier alpha value is 0.197. The van der Waals surface area contributed by atoms with E-state index in [1.54, 1.807) is 0 Å². The number of thioether (sulfide) groups is 1. The number of hydrogen-bond donors (Lipinski definition) is 0. The van der Waals surface area contributed by atoms with Gasteiger partial charge in [0.05, 0.1) is 0 Å². The third kappa shape index (κ3) is 3.44.